The van der Waals surface area contributed by atoms with E-state index < -0.39 is 5.60 Å². The van der Waals surface area contributed by atoms with Crippen molar-refractivity contribution < 1.29 is 9.53 Å². The minimum absolute atomic E-state index is 0.245. The fourth-order valence-electron chi connectivity index (χ4n) is 1.16. The van der Waals surface area contributed by atoms with E-state index in [0.717, 1.165) is 0 Å². The van der Waals surface area contributed by atoms with E-state index in [4.69, 9.17) is 27.9 Å². The number of ether oxygens (including phenoxy) is 1. The first-order valence-corrected chi connectivity index (χ1v) is 7.29. The Balaban J connectivity index is 2.42. The molecule has 0 saturated carbocycles. The summed E-state index contributed by atoms with van der Waals surface area (Å²) in [6.07, 6.45) is 0. The third kappa shape index (κ3) is 5.94. The van der Waals surface area contributed by atoms with Gasteiger partial charge in [0.2, 0.25) is 0 Å². The van der Waals surface area contributed by atoms with Crippen LogP contribution >= 0.6 is 35.0 Å². The number of esters is 1. The van der Waals surface area contributed by atoms with Crippen LogP contribution in [0.1, 0.15) is 26.5 Å². The lowest BCUT2D eigenvalue weighted by molar-refractivity contribution is -0.151. The summed E-state index contributed by atoms with van der Waals surface area (Å²) in [5.41, 5.74) is 0.224. The van der Waals surface area contributed by atoms with Gasteiger partial charge < -0.3 is 4.74 Å². The summed E-state index contributed by atoms with van der Waals surface area (Å²) in [5.74, 6) is 0.547. The zero-order chi connectivity index (χ0) is 13.8. The number of carbonyl (C=O) groups is 1. The van der Waals surface area contributed by atoms with Crippen LogP contribution in [0, 0.1) is 0 Å². The molecule has 1 aromatic heterocycles. The predicted molar refractivity (Wildman–Crippen MR) is 76.3 cm³/mol. The minimum atomic E-state index is -0.455. The monoisotopic (exact) mass is 307 g/mol. The summed E-state index contributed by atoms with van der Waals surface area (Å²) in [6, 6.07) is 3.33. The number of hydrogen-bond acceptors (Lipinski definition) is 4. The topological polar surface area (TPSA) is 39.2 Å². The Labute approximate surface area is 121 Å². The fraction of sp³-hybridized carbons (Fsp3) is 0.500. The van der Waals surface area contributed by atoms with Crippen LogP contribution in [0.25, 0.3) is 0 Å². The highest BCUT2D eigenvalue weighted by molar-refractivity contribution is 7.99. The molecule has 0 amide bonds. The molecule has 1 heterocycles. The average Bonchev–Trinajstić information content (AvgIpc) is 2.20. The van der Waals surface area contributed by atoms with Crippen LogP contribution in [0.15, 0.2) is 12.1 Å². The van der Waals surface area contributed by atoms with Crippen molar-refractivity contribution in [3.05, 3.63) is 28.0 Å². The quantitative estimate of drug-likeness (QED) is 0.623. The lowest BCUT2D eigenvalue weighted by atomic mass is 10.2. The zero-order valence-corrected chi connectivity index (χ0v) is 12.8. The van der Waals surface area contributed by atoms with E-state index in [1.165, 1.54) is 11.8 Å². The van der Waals surface area contributed by atoms with Crippen molar-refractivity contribution in [1.82, 2.24) is 4.98 Å². The molecule has 6 heteroatoms. The van der Waals surface area contributed by atoms with Gasteiger partial charge in [0, 0.05) is 5.75 Å². The molecule has 0 aromatic carbocycles. The fourth-order valence-corrected chi connectivity index (χ4v) is 2.32. The van der Waals surface area contributed by atoms with E-state index in [0.29, 0.717) is 21.6 Å². The van der Waals surface area contributed by atoms with Crippen LogP contribution in [0.5, 0.6) is 0 Å². The van der Waals surface area contributed by atoms with Crippen molar-refractivity contribution in [2.24, 2.45) is 0 Å². The summed E-state index contributed by atoms with van der Waals surface area (Å²) < 4.78 is 5.19. The lowest BCUT2D eigenvalue weighted by Gasteiger charge is -2.19. The lowest BCUT2D eigenvalue weighted by Crippen LogP contribution is -2.24. The molecule has 0 aliphatic carbocycles. The molecule has 100 valence electrons. The Bertz CT molecular complexity index is 433. The second-order valence-electron chi connectivity index (χ2n) is 4.64. The van der Waals surface area contributed by atoms with Crippen molar-refractivity contribution in [3.8, 4) is 0 Å². The van der Waals surface area contributed by atoms with Crippen LogP contribution in [-0.4, -0.2) is 22.3 Å². The van der Waals surface area contributed by atoms with E-state index in [1.807, 2.05) is 20.8 Å². The van der Waals surface area contributed by atoms with Crippen molar-refractivity contribution in [1.29, 1.82) is 0 Å². The van der Waals surface area contributed by atoms with Crippen molar-refractivity contribution in [3.63, 3.8) is 0 Å². The molecule has 0 unspecified atom stereocenters. The van der Waals surface area contributed by atoms with Gasteiger partial charge in [-0.05, 0) is 32.9 Å². The summed E-state index contributed by atoms with van der Waals surface area (Å²) in [6.45, 7) is 5.51. The Hall–Kier alpha value is -0.450. The SMILES string of the molecule is CC(C)(C)OC(=O)CSCc1nc(Cl)ccc1Cl. The smallest absolute Gasteiger partial charge is 0.316 e. The molecule has 0 fully saturated rings. The Morgan fingerprint density at radius 2 is 2.06 bits per heavy atom. The predicted octanol–water partition coefficient (Wildman–Crippen LogP) is 3.96. The first kappa shape index (κ1) is 15.6. The first-order chi connectivity index (χ1) is 8.28. The second-order valence-corrected chi connectivity index (χ2v) is 6.42. The Kier molecular flexibility index (Phi) is 5.76. The van der Waals surface area contributed by atoms with Gasteiger partial charge >= 0.3 is 5.97 Å². The van der Waals surface area contributed by atoms with Crippen molar-refractivity contribution in [2.45, 2.75) is 32.1 Å². The summed E-state index contributed by atoms with van der Waals surface area (Å²) >= 11 is 13.1. The van der Waals surface area contributed by atoms with Crippen molar-refractivity contribution in [2.75, 3.05) is 5.75 Å². The van der Waals surface area contributed by atoms with E-state index >= 15 is 0 Å². The number of pyridine rings is 1. The van der Waals surface area contributed by atoms with Crippen LogP contribution in [0.3, 0.4) is 0 Å². The third-order valence-corrected chi connectivity index (χ3v) is 3.24. The van der Waals surface area contributed by atoms with Gasteiger partial charge in [0.1, 0.15) is 10.8 Å². The number of aromatic nitrogens is 1. The number of nitrogens with zero attached hydrogens (tertiary/aromatic N) is 1. The average molecular weight is 308 g/mol. The molecule has 18 heavy (non-hydrogen) atoms. The maximum atomic E-state index is 11.5. The molecule has 0 radical (unpaired) electrons. The highest BCUT2D eigenvalue weighted by Crippen LogP contribution is 2.21. The normalized spacial score (nSPS) is 11.4. The highest BCUT2D eigenvalue weighted by atomic mass is 35.5. The van der Waals surface area contributed by atoms with Gasteiger partial charge in [0.05, 0.1) is 16.5 Å². The van der Waals surface area contributed by atoms with Gasteiger partial charge in [-0.15, -0.1) is 11.8 Å². The second kappa shape index (κ2) is 6.64. The van der Waals surface area contributed by atoms with Gasteiger partial charge in [-0.3, -0.25) is 4.79 Å². The molecule has 0 aliphatic heterocycles. The summed E-state index contributed by atoms with van der Waals surface area (Å²) in [5, 5.41) is 0.948. The summed E-state index contributed by atoms with van der Waals surface area (Å²) in [7, 11) is 0. The molecule has 0 bridgehead atoms. The van der Waals surface area contributed by atoms with Gasteiger partial charge in [-0.1, -0.05) is 23.2 Å². The first-order valence-electron chi connectivity index (χ1n) is 5.38. The zero-order valence-electron chi connectivity index (χ0n) is 10.5. The molecule has 0 aliphatic rings. The maximum absolute atomic E-state index is 11.5. The third-order valence-electron chi connectivity index (χ3n) is 1.76. The summed E-state index contributed by atoms with van der Waals surface area (Å²) in [4.78, 5) is 15.6. The van der Waals surface area contributed by atoms with E-state index in [1.54, 1.807) is 12.1 Å². The highest BCUT2D eigenvalue weighted by Gasteiger charge is 2.16. The Morgan fingerprint density at radius 3 is 2.67 bits per heavy atom. The molecular formula is C12H15Cl2NO2S. The molecule has 3 nitrogen and oxygen atoms in total. The number of halogens is 2. The minimum Gasteiger partial charge on any atom is -0.459 e. The number of carbonyl (C=O) groups excluding carboxylic acids is 1. The van der Waals surface area contributed by atoms with E-state index in [2.05, 4.69) is 4.98 Å². The largest absolute Gasteiger partial charge is 0.459 e. The molecular weight excluding hydrogens is 293 g/mol. The standard InChI is InChI=1S/C12H15Cl2NO2S/c1-12(2,3)17-11(16)7-18-6-9-8(13)4-5-10(14)15-9/h4-5H,6-7H2,1-3H3. The van der Waals surface area contributed by atoms with Crippen LogP contribution in [0.4, 0.5) is 0 Å². The number of rotatable bonds is 4. The van der Waals surface area contributed by atoms with Crippen molar-refractivity contribution >= 4 is 40.9 Å². The van der Waals surface area contributed by atoms with E-state index in [-0.39, 0.29) is 11.7 Å². The van der Waals surface area contributed by atoms with E-state index in [9.17, 15) is 4.79 Å². The van der Waals surface area contributed by atoms with Gasteiger partial charge in [-0.2, -0.15) is 0 Å². The van der Waals surface area contributed by atoms with Crippen LogP contribution in [-0.2, 0) is 15.3 Å². The molecule has 0 N–H and O–H groups in total. The van der Waals surface area contributed by atoms with Gasteiger partial charge in [0.15, 0.2) is 0 Å². The molecule has 1 rings (SSSR count). The van der Waals surface area contributed by atoms with Crippen LogP contribution in [0.2, 0.25) is 10.2 Å². The molecule has 0 saturated heterocycles. The molecule has 0 atom stereocenters. The van der Waals surface area contributed by atoms with Crippen LogP contribution < -0.4 is 0 Å². The van der Waals surface area contributed by atoms with Gasteiger partial charge in [-0.25, -0.2) is 4.98 Å². The molecule has 1 aromatic rings. The maximum Gasteiger partial charge on any atom is 0.316 e. The number of hydrogen-bond donors (Lipinski definition) is 0. The van der Waals surface area contributed by atoms with Gasteiger partial charge in [0.25, 0.3) is 0 Å². The Morgan fingerprint density at radius 1 is 1.39 bits per heavy atom. The number of thioether (sulfide) groups is 1. The molecule has 0 spiro atoms.